The molecule has 0 unspecified atom stereocenters. The van der Waals surface area contributed by atoms with Crippen LogP contribution in [0.5, 0.6) is 0 Å². The minimum atomic E-state index is -0.302. The molecule has 2 aliphatic rings. The van der Waals surface area contributed by atoms with Crippen molar-refractivity contribution in [1.29, 1.82) is 0 Å². The molecule has 2 amide bonds. The Labute approximate surface area is 184 Å². The highest BCUT2D eigenvalue weighted by Gasteiger charge is 2.34. The first-order valence-electron chi connectivity index (χ1n) is 11.3. The zero-order valence-corrected chi connectivity index (χ0v) is 18.1. The van der Waals surface area contributed by atoms with Crippen LogP contribution in [0.25, 0.3) is 11.0 Å². The number of carbonyl (C=O) groups is 1. The van der Waals surface area contributed by atoms with Gasteiger partial charge in [-0.05, 0) is 37.5 Å². The molecule has 9 heteroatoms. The number of aromatic amines is 1. The largest absolute Gasteiger partial charge is 0.334 e. The van der Waals surface area contributed by atoms with Crippen LogP contribution in [0.3, 0.4) is 0 Å². The molecular weight excluding hydrogens is 411 g/mol. The van der Waals surface area contributed by atoms with Crippen molar-refractivity contribution >= 4 is 17.1 Å². The van der Waals surface area contributed by atoms with Crippen molar-refractivity contribution in [2.24, 2.45) is 0 Å². The topological polar surface area (TPSA) is 95.9 Å². The van der Waals surface area contributed by atoms with Gasteiger partial charge in [0.05, 0.1) is 17.7 Å². The average Bonchev–Trinajstić information content (AvgIpc) is 3.10. The maximum atomic E-state index is 13.0. The Morgan fingerprint density at radius 3 is 2.62 bits per heavy atom. The number of carbonyl (C=O) groups excluding carboxylic acids is 1. The van der Waals surface area contributed by atoms with Gasteiger partial charge in [-0.3, -0.25) is 4.79 Å². The Morgan fingerprint density at radius 2 is 1.91 bits per heavy atom. The molecule has 2 N–H and O–H groups in total. The number of H-pyrrole nitrogens is 1. The SMILES string of the molecule is Cc1nn(C2CCCCC2)c2nc(C3CN(C(=O)NCc4ccc(F)cc4)C3)[nH]c(=O)c12. The van der Waals surface area contributed by atoms with E-state index in [9.17, 15) is 14.0 Å². The van der Waals surface area contributed by atoms with Gasteiger partial charge in [0.2, 0.25) is 0 Å². The van der Waals surface area contributed by atoms with Gasteiger partial charge in [-0.1, -0.05) is 31.4 Å². The summed E-state index contributed by atoms with van der Waals surface area (Å²) in [6.07, 6.45) is 5.71. The first-order chi connectivity index (χ1) is 15.5. The van der Waals surface area contributed by atoms with E-state index in [1.807, 2.05) is 11.6 Å². The van der Waals surface area contributed by atoms with Gasteiger partial charge in [0.1, 0.15) is 17.0 Å². The maximum Gasteiger partial charge on any atom is 0.317 e. The van der Waals surface area contributed by atoms with E-state index in [0.29, 0.717) is 42.2 Å². The van der Waals surface area contributed by atoms with Crippen LogP contribution in [0.2, 0.25) is 0 Å². The molecule has 8 nitrogen and oxygen atoms in total. The fourth-order valence-electron chi connectivity index (χ4n) is 4.71. The molecule has 1 saturated heterocycles. The lowest BCUT2D eigenvalue weighted by Crippen LogP contribution is -2.53. The summed E-state index contributed by atoms with van der Waals surface area (Å²) in [4.78, 5) is 34.6. The lowest BCUT2D eigenvalue weighted by Gasteiger charge is -2.38. The Balaban J connectivity index is 1.28. The smallest absolute Gasteiger partial charge is 0.317 e. The quantitative estimate of drug-likeness (QED) is 0.653. The molecule has 0 spiro atoms. The standard InChI is InChI=1S/C23H27FN6O2/c1-14-19-21(30(28-14)18-5-3-2-4-6-18)26-20(27-22(19)31)16-12-29(13-16)23(32)25-11-15-7-9-17(24)10-8-15/h7-10,16,18H,2-6,11-13H2,1H3,(H,25,32)(H,26,27,31). The highest BCUT2D eigenvalue weighted by atomic mass is 19.1. The molecule has 3 aromatic rings. The molecule has 2 fully saturated rings. The monoisotopic (exact) mass is 438 g/mol. The number of amides is 2. The molecule has 168 valence electrons. The van der Waals surface area contributed by atoms with Gasteiger partial charge in [0, 0.05) is 19.6 Å². The Hall–Kier alpha value is -3.23. The summed E-state index contributed by atoms with van der Waals surface area (Å²) in [5.74, 6) is 0.296. The number of nitrogens with zero attached hydrogens (tertiary/aromatic N) is 4. The fraction of sp³-hybridized carbons (Fsp3) is 0.478. The fourth-order valence-corrected chi connectivity index (χ4v) is 4.71. The van der Waals surface area contributed by atoms with E-state index in [2.05, 4.69) is 15.4 Å². The van der Waals surface area contributed by atoms with Gasteiger partial charge in [-0.25, -0.2) is 18.9 Å². The predicted molar refractivity (Wildman–Crippen MR) is 118 cm³/mol. The van der Waals surface area contributed by atoms with Gasteiger partial charge in [0.15, 0.2) is 5.65 Å². The van der Waals surface area contributed by atoms with Crippen LogP contribution in [0.1, 0.15) is 61.1 Å². The third-order valence-corrected chi connectivity index (χ3v) is 6.59. The zero-order chi connectivity index (χ0) is 22.2. The zero-order valence-electron chi connectivity index (χ0n) is 18.1. The highest BCUT2D eigenvalue weighted by molar-refractivity contribution is 5.77. The maximum absolute atomic E-state index is 13.0. The molecule has 1 aromatic carbocycles. The number of hydrogen-bond donors (Lipinski definition) is 2. The number of aryl methyl sites for hydroxylation is 1. The molecule has 5 rings (SSSR count). The van der Waals surface area contributed by atoms with E-state index in [1.54, 1.807) is 17.0 Å². The van der Waals surface area contributed by atoms with Crippen molar-refractivity contribution in [3.63, 3.8) is 0 Å². The highest BCUT2D eigenvalue weighted by Crippen LogP contribution is 2.31. The lowest BCUT2D eigenvalue weighted by atomic mass is 9.96. The van der Waals surface area contributed by atoms with E-state index in [0.717, 1.165) is 18.4 Å². The molecular formula is C23H27FN6O2. The van der Waals surface area contributed by atoms with E-state index >= 15 is 0 Å². The molecule has 0 bridgehead atoms. The number of halogens is 1. The van der Waals surface area contributed by atoms with Crippen LogP contribution in [0.15, 0.2) is 29.1 Å². The molecule has 2 aromatic heterocycles. The second-order valence-corrected chi connectivity index (χ2v) is 8.86. The number of rotatable bonds is 4. The summed E-state index contributed by atoms with van der Waals surface area (Å²) in [6.45, 7) is 3.16. The first kappa shape index (κ1) is 20.7. The molecule has 32 heavy (non-hydrogen) atoms. The van der Waals surface area contributed by atoms with Gasteiger partial charge >= 0.3 is 6.03 Å². The summed E-state index contributed by atoms with van der Waals surface area (Å²) in [5.41, 5.74) is 2.04. The summed E-state index contributed by atoms with van der Waals surface area (Å²) >= 11 is 0. The Morgan fingerprint density at radius 1 is 1.19 bits per heavy atom. The number of fused-ring (bicyclic) bond motifs is 1. The summed E-state index contributed by atoms with van der Waals surface area (Å²) < 4.78 is 15.0. The number of hydrogen-bond acceptors (Lipinski definition) is 4. The van der Waals surface area contributed by atoms with Crippen LogP contribution in [0.4, 0.5) is 9.18 Å². The Kier molecular flexibility index (Phi) is 5.40. The van der Waals surface area contributed by atoms with E-state index in [4.69, 9.17) is 4.98 Å². The summed E-state index contributed by atoms with van der Waals surface area (Å²) in [5, 5.41) is 8.07. The predicted octanol–water partition coefficient (Wildman–Crippen LogP) is 3.38. The number of nitrogens with one attached hydrogen (secondary N) is 2. The summed E-state index contributed by atoms with van der Waals surface area (Å²) in [7, 11) is 0. The molecule has 0 atom stereocenters. The van der Waals surface area contributed by atoms with E-state index in [1.165, 1.54) is 31.4 Å². The third-order valence-electron chi connectivity index (χ3n) is 6.59. The minimum absolute atomic E-state index is 0.0151. The number of urea groups is 1. The normalized spacial score (nSPS) is 17.5. The van der Waals surface area contributed by atoms with E-state index < -0.39 is 0 Å². The minimum Gasteiger partial charge on any atom is -0.334 e. The van der Waals surface area contributed by atoms with Crippen molar-refractivity contribution in [2.45, 2.75) is 57.5 Å². The van der Waals surface area contributed by atoms with Crippen LogP contribution >= 0.6 is 0 Å². The van der Waals surface area contributed by atoms with Gasteiger partial charge < -0.3 is 15.2 Å². The van der Waals surface area contributed by atoms with Gasteiger partial charge in [0.25, 0.3) is 5.56 Å². The van der Waals surface area contributed by atoms with Crippen LogP contribution < -0.4 is 10.9 Å². The first-order valence-corrected chi connectivity index (χ1v) is 11.3. The molecule has 1 aliphatic carbocycles. The molecule has 1 saturated carbocycles. The molecule has 1 aliphatic heterocycles. The number of likely N-dealkylation sites (tertiary alicyclic amines) is 1. The average molecular weight is 439 g/mol. The molecule has 3 heterocycles. The Bertz CT molecular complexity index is 1190. The van der Waals surface area contributed by atoms with Gasteiger partial charge in [-0.15, -0.1) is 0 Å². The lowest BCUT2D eigenvalue weighted by molar-refractivity contribution is 0.148. The van der Waals surface area contributed by atoms with Crippen molar-refractivity contribution in [2.75, 3.05) is 13.1 Å². The van der Waals surface area contributed by atoms with E-state index in [-0.39, 0.29) is 29.4 Å². The van der Waals surface area contributed by atoms with Crippen molar-refractivity contribution < 1.29 is 9.18 Å². The molecule has 0 radical (unpaired) electrons. The van der Waals surface area contributed by atoms with Crippen molar-refractivity contribution in [1.82, 2.24) is 30.0 Å². The second-order valence-electron chi connectivity index (χ2n) is 8.86. The van der Waals surface area contributed by atoms with Crippen LogP contribution in [-0.4, -0.2) is 43.8 Å². The number of aromatic nitrogens is 4. The van der Waals surface area contributed by atoms with Crippen molar-refractivity contribution in [3.8, 4) is 0 Å². The number of benzene rings is 1. The van der Waals surface area contributed by atoms with Crippen LogP contribution in [0, 0.1) is 12.7 Å². The summed E-state index contributed by atoms with van der Waals surface area (Å²) in [6, 6.07) is 6.15. The second kappa shape index (κ2) is 8.37. The third kappa shape index (κ3) is 3.87. The van der Waals surface area contributed by atoms with Crippen LogP contribution in [-0.2, 0) is 6.54 Å². The van der Waals surface area contributed by atoms with Crippen molar-refractivity contribution in [3.05, 3.63) is 57.5 Å². The van der Waals surface area contributed by atoms with Gasteiger partial charge in [-0.2, -0.15) is 5.10 Å².